The molecule has 3 nitrogen and oxygen atoms in total. The lowest BCUT2D eigenvalue weighted by atomic mass is 9.98. The third-order valence-corrected chi connectivity index (χ3v) is 4.68. The molecular weight excluding hydrogens is 268 g/mol. The third-order valence-electron chi connectivity index (χ3n) is 3.64. The normalized spacial score (nSPS) is 13.8. The topological polar surface area (TPSA) is 42.0 Å². The number of benzene rings is 1. The van der Waals surface area contributed by atoms with Crippen LogP contribution in [-0.2, 0) is 16.8 Å². The van der Waals surface area contributed by atoms with E-state index in [1.807, 2.05) is 43.5 Å². The van der Waals surface area contributed by atoms with E-state index in [9.17, 15) is 4.79 Å². The Morgan fingerprint density at radius 3 is 2.75 bits per heavy atom. The maximum Gasteiger partial charge on any atom is 0.225 e. The smallest absolute Gasteiger partial charge is 0.225 e. The van der Waals surface area contributed by atoms with Crippen LogP contribution in [0.2, 0.25) is 0 Å². The second kappa shape index (κ2) is 6.18. The number of carbonyl (C=O) groups excluding carboxylic acids is 1. The fraction of sp³-hybridized carbons (Fsp3) is 0.375. The monoisotopic (exact) mass is 288 g/mol. The summed E-state index contributed by atoms with van der Waals surface area (Å²) in [6.07, 6.45) is 3.01. The van der Waals surface area contributed by atoms with Crippen LogP contribution < -0.4 is 5.32 Å². The minimum atomic E-state index is -0.381. The molecule has 1 aromatic heterocycles. The van der Waals surface area contributed by atoms with Crippen LogP contribution in [0.5, 0.6) is 0 Å². The Hall–Kier alpha value is -1.68. The van der Waals surface area contributed by atoms with Gasteiger partial charge in [-0.05, 0) is 31.4 Å². The van der Waals surface area contributed by atoms with Crippen LogP contribution >= 0.6 is 11.3 Å². The number of amides is 1. The molecule has 20 heavy (non-hydrogen) atoms. The highest BCUT2D eigenvalue weighted by molar-refractivity contribution is 7.09. The van der Waals surface area contributed by atoms with Crippen LogP contribution in [0.4, 0.5) is 0 Å². The number of hydrogen-bond donors (Lipinski definition) is 1. The van der Waals surface area contributed by atoms with Crippen LogP contribution in [0.15, 0.2) is 35.8 Å². The molecule has 1 N–H and O–H groups in total. The van der Waals surface area contributed by atoms with Crippen molar-refractivity contribution in [2.45, 2.75) is 39.2 Å². The van der Waals surface area contributed by atoms with E-state index in [1.54, 1.807) is 17.5 Å². The van der Waals surface area contributed by atoms with Crippen molar-refractivity contribution in [1.82, 2.24) is 10.3 Å². The van der Waals surface area contributed by atoms with Gasteiger partial charge in [-0.3, -0.25) is 4.79 Å². The Labute approximate surface area is 124 Å². The number of rotatable bonds is 5. The Morgan fingerprint density at radius 1 is 1.40 bits per heavy atom. The molecule has 2 aromatic rings. The van der Waals surface area contributed by atoms with Gasteiger partial charge in [-0.15, -0.1) is 11.3 Å². The molecule has 0 radical (unpaired) electrons. The van der Waals surface area contributed by atoms with Gasteiger partial charge in [-0.25, -0.2) is 4.98 Å². The highest BCUT2D eigenvalue weighted by Gasteiger charge is 2.29. The van der Waals surface area contributed by atoms with Crippen molar-refractivity contribution in [3.63, 3.8) is 0 Å². The van der Waals surface area contributed by atoms with Crippen molar-refractivity contribution < 1.29 is 4.79 Å². The zero-order chi connectivity index (χ0) is 14.6. The predicted octanol–water partition coefficient (Wildman–Crippen LogP) is 3.44. The van der Waals surface area contributed by atoms with Gasteiger partial charge in [-0.2, -0.15) is 0 Å². The Morgan fingerprint density at radius 2 is 2.15 bits per heavy atom. The van der Waals surface area contributed by atoms with E-state index in [0.717, 1.165) is 22.6 Å². The van der Waals surface area contributed by atoms with E-state index < -0.39 is 0 Å². The van der Waals surface area contributed by atoms with Crippen LogP contribution in [0.25, 0.3) is 0 Å². The summed E-state index contributed by atoms with van der Waals surface area (Å²) in [5, 5.41) is 6.03. The zero-order valence-electron chi connectivity index (χ0n) is 12.1. The average molecular weight is 288 g/mol. The van der Waals surface area contributed by atoms with Crippen LogP contribution in [-0.4, -0.2) is 10.9 Å². The fourth-order valence-corrected chi connectivity index (χ4v) is 2.95. The van der Waals surface area contributed by atoms with E-state index in [4.69, 9.17) is 0 Å². The van der Waals surface area contributed by atoms with Crippen molar-refractivity contribution in [3.8, 4) is 0 Å². The molecule has 0 aliphatic heterocycles. The quantitative estimate of drug-likeness (QED) is 0.915. The fourth-order valence-electron chi connectivity index (χ4n) is 2.12. The first kappa shape index (κ1) is 14.7. The summed E-state index contributed by atoms with van der Waals surface area (Å²) in [5.41, 5.74) is 1.84. The molecule has 1 heterocycles. The van der Waals surface area contributed by atoms with Gasteiger partial charge < -0.3 is 5.32 Å². The van der Waals surface area contributed by atoms with Gasteiger partial charge >= 0.3 is 0 Å². The Bertz CT molecular complexity index is 580. The van der Waals surface area contributed by atoms with E-state index in [-0.39, 0.29) is 11.4 Å². The first-order chi connectivity index (χ1) is 9.55. The lowest BCUT2D eigenvalue weighted by molar-refractivity contribution is -0.122. The lowest BCUT2D eigenvalue weighted by Crippen LogP contribution is -2.43. The first-order valence-electron chi connectivity index (χ1n) is 6.80. The van der Waals surface area contributed by atoms with Gasteiger partial charge in [0.25, 0.3) is 0 Å². The molecule has 0 saturated heterocycles. The molecule has 4 heteroatoms. The molecule has 0 unspecified atom stereocenters. The maximum absolute atomic E-state index is 12.3. The number of aromatic nitrogens is 1. The number of carbonyl (C=O) groups is 1. The molecule has 2 rings (SSSR count). The zero-order valence-corrected chi connectivity index (χ0v) is 13.0. The van der Waals surface area contributed by atoms with Crippen molar-refractivity contribution in [3.05, 3.63) is 52.0 Å². The van der Waals surface area contributed by atoms with Gasteiger partial charge in [0.15, 0.2) is 0 Å². The summed E-state index contributed by atoms with van der Waals surface area (Å²) >= 11 is 1.58. The number of hydrogen-bond acceptors (Lipinski definition) is 3. The molecule has 1 atom stereocenters. The van der Waals surface area contributed by atoms with Crippen LogP contribution in [0, 0.1) is 6.92 Å². The van der Waals surface area contributed by atoms with Gasteiger partial charge in [0, 0.05) is 11.6 Å². The van der Waals surface area contributed by atoms with Crippen molar-refractivity contribution in [2.24, 2.45) is 0 Å². The van der Waals surface area contributed by atoms with Gasteiger partial charge in [0.1, 0.15) is 5.01 Å². The highest BCUT2D eigenvalue weighted by Crippen LogP contribution is 2.26. The van der Waals surface area contributed by atoms with Crippen molar-refractivity contribution >= 4 is 17.2 Å². The molecule has 106 valence electrons. The van der Waals surface area contributed by atoms with Crippen LogP contribution in [0.3, 0.4) is 0 Å². The summed E-state index contributed by atoms with van der Waals surface area (Å²) in [5.74, 6) is 0.0406. The van der Waals surface area contributed by atoms with E-state index in [2.05, 4.69) is 17.2 Å². The van der Waals surface area contributed by atoms with E-state index >= 15 is 0 Å². The largest absolute Gasteiger partial charge is 0.344 e. The van der Waals surface area contributed by atoms with Crippen LogP contribution in [0.1, 0.15) is 36.4 Å². The first-order valence-corrected chi connectivity index (χ1v) is 7.68. The maximum atomic E-state index is 12.3. The molecule has 0 bridgehead atoms. The molecule has 0 aliphatic rings. The third kappa shape index (κ3) is 3.25. The number of nitrogens with zero attached hydrogens (tertiary/aromatic N) is 1. The van der Waals surface area contributed by atoms with Gasteiger partial charge in [0.05, 0.1) is 12.0 Å². The summed E-state index contributed by atoms with van der Waals surface area (Å²) in [6.45, 7) is 6.12. The molecule has 0 fully saturated rings. The van der Waals surface area contributed by atoms with E-state index in [1.165, 1.54) is 0 Å². The lowest BCUT2D eigenvalue weighted by Gasteiger charge is -2.27. The molecule has 1 amide bonds. The molecule has 0 spiro atoms. The number of aryl methyl sites for hydroxylation is 1. The van der Waals surface area contributed by atoms with Gasteiger partial charge in [-0.1, -0.05) is 31.2 Å². The summed E-state index contributed by atoms with van der Waals surface area (Å²) in [4.78, 5) is 16.6. The van der Waals surface area contributed by atoms with Crippen molar-refractivity contribution in [1.29, 1.82) is 0 Å². The van der Waals surface area contributed by atoms with E-state index in [0.29, 0.717) is 6.42 Å². The van der Waals surface area contributed by atoms with Gasteiger partial charge in [0.2, 0.25) is 5.91 Å². The Kier molecular flexibility index (Phi) is 4.55. The minimum absolute atomic E-state index is 0.0406. The summed E-state index contributed by atoms with van der Waals surface area (Å²) < 4.78 is 0. The molecule has 1 aromatic carbocycles. The van der Waals surface area contributed by atoms with Crippen molar-refractivity contribution in [2.75, 3.05) is 0 Å². The number of nitrogens with one attached hydrogen (secondary N) is 1. The standard InChI is InChI=1S/C16H20N2OS/c1-4-16(3,15-17-9-10-20-15)18-14(19)11-13-8-6-5-7-12(13)2/h5-10H,4,11H2,1-3H3,(H,18,19)/t16-/m1/s1. The highest BCUT2D eigenvalue weighted by atomic mass is 32.1. The average Bonchev–Trinajstić information content (AvgIpc) is 2.96. The second-order valence-electron chi connectivity index (χ2n) is 5.17. The molecule has 0 aliphatic carbocycles. The Balaban J connectivity index is 2.09. The number of thiazole rings is 1. The molecule has 0 saturated carbocycles. The summed E-state index contributed by atoms with van der Waals surface area (Å²) in [6, 6.07) is 7.99. The SMILES string of the molecule is CC[C@@](C)(NC(=O)Cc1ccccc1C)c1nccs1. The predicted molar refractivity (Wildman–Crippen MR) is 82.8 cm³/mol. The summed E-state index contributed by atoms with van der Waals surface area (Å²) in [7, 11) is 0. The minimum Gasteiger partial charge on any atom is -0.344 e. The molecular formula is C16H20N2OS. The second-order valence-corrected chi connectivity index (χ2v) is 6.07.